The van der Waals surface area contributed by atoms with Crippen LogP contribution in [0.1, 0.15) is 50.0 Å². The molecule has 1 atom stereocenters. The monoisotopic (exact) mass is 677 g/mol. The van der Waals surface area contributed by atoms with Crippen LogP contribution in [-0.2, 0) is 14.4 Å². The Morgan fingerprint density at radius 3 is 2.56 bits per heavy atom. The number of imide groups is 1. The van der Waals surface area contributed by atoms with Gasteiger partial charge in [-0.05, 0) is 67.9 Å². The minimum atomic E-state index is -0.374. The molecule has 50 heavy (non-hydrogen) atoms. The summed E-state index contributed by atoms with van der Waals surface area (Å²) >= 11 is 0. The van der Waals surface area contributed by atoms with Gasteiger partial charge in [-0.1, -0.05) is 24.3 Å². The van der Waals surface area contributed by atoms with Gasteiger partial charge in [0.15, 0.2) is 5.82 Å². The van der Waals surface area contributed by atoms with Crippen molar-refractivity contribution in [2.24, 2.45) is 0 Å². The number of phenolic OH excluding ortho intramolecular Hbond substituents is 1. The van der Waals surface area contributed by atoms with E-state index in [-0.39, 0.29) is 35.3 Å². The van der Waals surface area contributed by atoms with E-state index < -0.39 is 0 Å². The van der Waals surface area contributed by atoms with Gasteiger partial charge >= 0.3 is 0 Å². The number of nitrogen functional groups attached to an aromatic ring is 1. The highest BCUT2D eigenvalue weighted by atomic mass is 16.5. The van der Waals surface area contributed by atoms with Crippen molar-refractivity contribution in [1.29, 1.82) is 0 Å². The number of ether oxygens (including phenoxy) is 1. The van der Waals surface area contributed by atoms with Gasteiger partial charge in [-0.2, -0.15) is 5.10 Å². The third kappa shape index (κ3) is 5.89. The summed E-state index contributed by atoms with van der Waals surface area (Å²) in [5.74, 6) is 1.02. The number of anilines is 3. The molecule has 14 nitrogen and oxygen atoms in total. The number of hydrogen-bond donors (Lipinski definition) is 3. The number of fused-ring (bicyclic) bond motifs is 1. The molecular formula is C36H39N9O5. The predicted molar refractivity (Wildman–Crippen MR) is 185 cm³/mol. The lowest BCUT2D eigenvalue weighted by atomic mass is 9.80. The van der Waals surface area contributed by atoms with Gasteiger partial charge in [-0.25, -0.2) is 4.68 Å². The highest BCUT2D eigenvalue weighted by Gasteiger charge is 2.37. The lowest BCUT2D eigenvalue weighted by Gasteiger charge is -2.42. The van der Waals surface area contributed by atoms with Crippen LogP contribution in [-0.4, -0.2) is 92.6 Å². The largest absolute Gasteiger partial charge is 0.507 e. The molecule has 0 bridgehead atoms. The SMILES string of the molecule is Nc1nnc(-c2ccccc2O)cc1-n1cc(N2CCN(C3CCC(c4cccc5c4OCCN5C4CCC(=O)NC4=O)CC3)CC2=O)cn1. The van der Waals surface area contributed by atoms with Gasteiger partial charge in [-0.15, -0.1) is 10.2 Å². The summed E-state index contributed by atoms with van der Waals surface area (Å²) in [4.78, 5) is 44.1. The number of para-hydroxylation sites is 2. The van der Waals surface area contributed by atoms with E-state index in [1.54, 1.807) is 52.3 Å². The summed E-state index contributed by atoms with van der Waals surface area (Å²) < 4.78 is 7.82. The molecule has 1 aliphatic carbocycles. The third-order valence-electron chi connectivity index (χ3n) is 10.5. The van der Waals surface area contributed by atoms with Gasteiger partial charge in [0, 0.05) is 31.1 Å². The number of piperazine rings is 1. The van der Waals surface area contributed by atoms with Crippen molar-refractivity contribution in [3.63, 3.8) is 0 Å². The molecule has 4 aromatic rings. The van der Waals surface area contributed by atoms with Crippen LogP contribution in [0.5, 0.6) is 11.5 Å². The normalized spacial score (nSPS) is 23.0. The van der Waals surface area contributed by atoms with Crippen molar-refractivity contribution < 1.29 is 24.2 Å². The lowest BCUT2D eigenvalue weighted by molar-refractivity contribution is -0.134. The molecule has 2 saturated heterocycles. The molecule has 3 aliphatic heterocycles. The fourth-order valence-electron chi connectivity index (χ4n) is 7.93. The number of benzene rings is 2. The van der Waals surface area contributed by atoms with Gasteiger partial charge in [0.25, 0.3) is 0 Å². The summed E-state index contributed by atoms with van der Waals surface area (Å²) in [7, 11) is 0. The molecule has 3 fully saturated rings. The molecule has 0 spiro atoms. The smallest absolute Gasteiger partial charge is 0.249 e. The number of aromatic hydroxyl groups is 1. The van der Waals surface area contributed by atoms with Crippen molar-refractivity contribution in [2.75, 3.05) is 48.3 Å². The second-order valence-electron chi connectivity index (χ2n) is 13.4. The second kappa shape index (κ2) is 13.1. The molecule has 5 heterocycles. The molecular weight excluding hydrogens is 638 g/mol. The average molecular weight is 678 g/mol. The third-order valence-corrected chi connectivity index (χ3v) is 10.5. The molecule has 4 aliphatic rings. The molecule has 2 aromatic heterocycles. The van der Waals surface area contributed by atoms with E-state index in [9.17, 15) is 19.5 Å². The standard InChI is InChI=1S/C36H39N9O5/c37-35-30(18-27(40-41-35)26-4-1-2-7-31(26)46)45-20-24(19-38-45)43-15-14-42(21-33(43)48)23-10-8-22(9-11-23)25-5-3-6-28-34(25)50-17-16-44(28)29-12-13-32(47)39-36(29)49/h1-7,18-20,22-23,29,46H,8-17,21H2,(H2,37,41)(H,39,47,49). The van der Waals surface area contributed by atoms with Gasteiger partial charge in [-0.3, -0.25) is 24.6 Å². The Bertz CT molecular complexity index is 1960. The first-order valence-electron chi connectivity index (χ1n) is 17.2. The van der Waals surface area contributed by atoms with E-state index in [2.05, 4.69) is 36.5 Å². The molecule has 14 heteroatoms. The summed E-state index contributed by atoms with van der Waals surface area (Å²) in [6.45, 7) is 2.74. The summed E-state index contributed by atoms with van der Waals surface area (Å²) in [6, 6.07) is 14.7. The number of nitrogens with zero attached hydrogens (tertiary/aromatic N) is 7. The number of hydrogen-bond acceptors (Lipinski definition) is 11. The van der Waals surface area contributed by atoms with E-state index >= 15 is 0 Å². The highest BCUT2D eigenvalue weighted by molar-refractivity contribution is 6.02. The van der Waals surface area contributed by atoms with Crippen LogP contribution in [0.2, 0.25) is 0 Å². The number of nitrogens with two attached hydrogens (primary N) is 1. The van der Waals surface area contributed by atoms with E-state index in [1.165, 1.54) is 5.56 Å². The molecule has 258 valence electrons. The number of aromatic nitrogens is 4. The summed E-state index contributed by atoms with van der Waals surface area (Å²) in [5, 5.41) is 25.5. The minimum Gasteiger partial charge on any atom is -0.507 e. The maximum atomic E-state index is 13.5. The van der Waals surface area contributed by atoms with Crippen LogP contribution in [0.25, 0.3) is 16.9 Å². The van der Waals surface area contributed by atoms with Gasteiger partial charge in [0.05, 0.1) is 42.6 Å². The number of rotatable bonds is 6. The molecule has 2 aromatic carbocycles. The second-order valence-corrected chi connectivity index (χ2v) is 13.4. The van der Waals surface area contributed by atoms with Crippen molar-refractivity contribution in [3.8, 4) is 28.4 Å². The zero-order chi connectivity index (χ0) is 34.4. The average Bonchev–Trinajstić information content (AvgIpc) is 3.62. The van der Waals surface area contributed by atoms with Gasteiger partial charge < -0.3 is 25.4 Å². The zero-order valence-corrected chi connectivity index (χ0v) is 27.6. The number of carbonyl (C=O) groups excluding carboxylic acids is 3. The summed E-state index contributed by atoms with van der Waals surface area (Å²) in [6.07, 6.45) is 8.18. The Morgan fingerprint density at radius 1 is 0.920 bits per heavy atom. The Balaban J connectivity index is 0.905. The van der Waals surface area contributed by atoms with E-state index in [0.29, 0.717) is 73.7 Å². The Kier molecular flexibility index (Phi) is 8.31. The van der Waals surface area contributed by atoms with E-state index in [4.69, 9.17) is 10.5 Å². The molecule has 4 N–H and O–H groups in total. The Hall–Kier alpha value is -5.50. The van der Waals surface area contributed by atoms with Crippen LogP contribution < -0.4 is 25.6 Å². The minimum absolute atomic E-state index is 0.0210. The zero-order valence-electron chi connectivity index (χ0n) is 27.6. The fourth-order valence-corrected chi connectivity index (χ4v) is 7.93. The fraction of sp³-hybridized carbons (Fsp3) is 0.389. The molecule has 3 amide bonds. The van der Waals surface area contributed by atoms with Crippen molar-refractivity contribution in [1.82, 2.24) is 30.2 Å². The van der Waals surface area contributed by atoms with E-state index in [0.717, 1.165) is 43.7 Å². The number of amides is 3. The Labute approximate surface area is 288 Å². The maximum absolute atomic E-state index is 13.5. The van der Waals surface area contributed by atoms with Crippen LogP contribution in [0.15, 0.2) is 60.9 Å². The molecule has 0 radical (unpaired) electrons. The van der Waals surface area contributed by atoms with Crippen LogP contribution >= 0.6 is 0 Å². The van der Waals surface area contributed by atoms with Gasteiger partial charge in [0.2, 0.25) is 17.7 Å². The number of nitrogens with one attached hydrogen (secondary N) is 1. The number of carbonyl (C=O) groups is 3. The van der Waals surface area contributed by atoms with Crippen molar-refractivity contribution >= 4 is 34.9 Å². The highest BCUT2D eigenvalue weighted by Crippen LogP contribution is 2.45. The first-order valence-corrected chi connectivity index (χ1v) is 17.2. The Morgan fingerprint density at radius 2 is 1.76 bits per heavy atom. The summed E-state index contributed by atoms with van der Waals surface area (Å²) in [5.41, 5.74) is 10.4. The lowest BCUT2D eigenvalue weighted by Crippen LogP contribution is -2.54. The van der Waals surface area contributed by atoms with Crippen LogP contribution in [0, 0.1) is 0 Å². The van der Waals surface area contributed by atoms with Crippen LogP contribution in [0.4, 0.5) is 17.2 Å². The quantitative estimate of drug-likeness (QED) is 0.256. The van der Waals surface area contributed by atoms with Crippen molar-refractivity contribution in [3.05, 3.63) is 66.5 Å². The van der Waals surface area contributed by atoms with E-state index in [1.807, 2.05) is 12.1 Å². The first-order chi connectivity index (χ1) is 24.3. The van der Waals surface area contributed by atoms with Crippen molar-refractivity contribution in [2.45, 2.75) is 56.5 Å². The number of phenols is 1. The molecule has 8 rings (SSSR count). The maximum Gasteiger partial charge on any atom is 0.249 e. The first kappa shape index (κ1) is 31.7. The van der Waals surface area contributed by atoms with Gasteiger partial charge in [0.1, 0.15) is 29.8 Å². The number of piperidine rings is 1. The molecule has 1 saturated carbocycles. The molecule has 1 unspecified atom stereocenters. The predicted octanol–water partition coefficient (Wildman–Crippen LogP) is 3.00. The topological polar surface area (TPSA) is 172 Å². The van der Waals surface area contributed by atoms with Crippen LogP contribution in [0.3, 0.4) is 0 Å².